The average Bonchev–Trinajstić information content (AvgIpc) is 2.58. The molecule has 0 heterocycles. The van der Waals surface area contributed by atoms with Crippen LogP contribution in [0.15, 0.2) is 85.2 Å². The van der Waals surface area contributed by atoms with Crippen LogP contribution in [-0.2, 0) is 11.4 Å². The molecule has 134 valence electrons. The van der Waals surface area contributed by atoms with E-state index in [0.717, 1.165) is 16.8 Å². The lowest BCUT2D eigenvalue weighted by Crippen LogP contribution is -2.06. The Morgan fingerprint density at radius 3 is 2.50 bits per heavy atom. The fraction of sp³-hybridized carbons (Fsp3) is 0.136. The third-order valence-corrected chi connectivity index (χ3v) is 3.26. The predicted molar refractivity (Wildman–Crippen MR) is 105 cm³/mol. The summed E-state index contributed by atoms with van der Waals surface area (Å²) in [7, 11) is 0. The molecule has 2 aromatic carbocycles. The zero-order valence-corrected chi connectivity index (χ0v) is 15.1. The van der Waals surface area contributed by atoms with Gasteiger partial charge in [0.25, 0.3) is 0 Å². The maximum Gasteiger partial charge on any atom is 0.221 e. The van der Waals surface area contributed by atoms with E-state index in [0.29, 0.717) is 23.9 Å². The first-order valence-electron chi connectivity index (χ1n) is 8.22. The molecular formula is C22H23NO3. The van der Waals surface area contributed by atoms with Crippen LogP contribution in [-0.4, -0.2) is 5.91 Å². The summed E-state index contributed by atoms with van der Waals surface area (Å²) in [5, 5.41) is 2.76. The van der Waals surface area contributed by atoms with E-state index >= 15 is 0 Å². The lowest BCUT2D eigenvalue weighted by atomic mass is 10.2. The first kappa shape index (κ1) is 19.1. The van der Waals surface area contributed by atoms with Crippen molar-refractivity contribution in [3.63, 3.8) is 0 Å². The Bertz CT molecular complexity index is 837. The van der Waals surface area contributed by atoms with Gasteiger partial charge in [-0.15, -0.1) is 0 Å². The molecule has 1 amide bonds. The van der Waals surface area contributed by atoms with Gasteiger partial charge in [0, 0.05) is 18.7 Å². The standard InChI is InChI=1S/C22H23NO3/c1-16(2)11-12-17(3)26-22-10-6-9-21(14-22)25-15-19-7-5-8-20(13-19)23-18(4)24/h5-14H,1,3,15H2,2,4H3,(H,23,24)/b12-11-. The number of hydrogen-bond acceptors (Lipinski definition) is 3. The smallest absolute Gasteiger partial charge is 0.221 e. The quantitative estimate of drug-likeness (QED) is 0.523. The number of allylic oxidation sites excluding steroid dienone is 3. The van der Waals surface area contributed by atoms with Crippen LogP contribution in [0.5, 0.6) is 11.5 Å². The first-order valence-corrected chi connectivity index (χ1v) is 8.22. The number of amides is 1. The molecule has 4 nitrogen and oxygen atoms in total. The number of benzene rings is 2. The Labute approximate surface area is 154 Å². The molecule has 26 heavy (non-hydrogen) atoms. The van der Waals surface area contributed by atoms with Gasteiger partial charge in [-0.2, -0.15) is 0 Å². The molecule has 0 aliphatic heterocycles. The number of carbonyl (C=O) groups is 1. The van der Waals surface area contributed by atoms with E-state index in [1.54, 1.807) is 12.1 Å². The van der Waals surface area contributed by atoms with Crippen molar-refractivity contribution < 1.29 is 14.3 Å². The second-order valence-corrected chi connectivity index (χ2v) is 5.89. The molecule has 0 radical (unpaired) electrons. The third kappa shape index (κ3) is 6.69. The summed E-state index contributed by atoms with van der Waals surface area (Å²) < 4.78 is 11.5. The minimum Gasteiger partial charge on any atom is -0.489 e. The lowest BCUT2D eigenvalue weighted by Gasteiger charge is -2.10. The van der Waals surface area contributed by atoms with Crippen molar-refractivity contribution >= 4 is 11.6 Å². The molecule has 0 aliphatic carbocycles. The van der Waals surface area contributed by atoms with Crippen molar-refractivity contribution in [2.45, 2.75) is 20.5 Å². The number of carbonyl (C=O) groups excluding carboxylic acids is 1. The Balaban J connectivity index is 1.97. The van der Waals surface area contributed by atoms with Crippen LogP contribution >= 0.6 is 0 Å². The van der Waals surface area contributed by atoms with Crippen LogP contribution in [0.25, 0.3) is 0 Å². The fourth-order valence-electron chi connectivity index (χ4n) is 2.16. The molecule has 0 fully saturated rings. The van der Waals surface area contributed by atoms with Gasteiger partial charge in [-0.3, -0.25) is 4.79 Å². The van der Waals surface area contributed by atoms with E-state index in [-0.39, 0.29) is 5.91 Å². The minimum absolute atomic E-state index is 0.103. The fourth-order valence-corrected chi connectivity index (χ4v) is 2.16. The molecule has 0 saturated carbocycles. The highest BCUT2D eigenvalue weighted by Gasteiger charge is 2.02. The van der Waals surface area contributed by atoms with E-state index < -0.39 is 0 Å². The second kappa shape index (κ2) is 9.28. The first-order chi connectivity index (χ1) is 12.4. The van der Waals surface area contributed by atoms with Gasteiger partial charge < -0.3 is 14.8 Å². The monoisotopic (exact) mass is 349 g/mol. The summed E-state index contributed by atoms with van der Waals surface area (Å²) in [5.41, 5.74) is 2.63. The summed E-state index contributed by atoms with van der Waals surface area (Å²) in [5.74, 6) is 1.75. The molecule has 0 atom stereocenters. The van der Waals surface area contributed by atoms with Crippen molar-refractivity contribution in [2.24, 2.45) is 0 Å². The molecule has 2 rings (SSSR count). The van der Waals surface area contributed by atoms with Crippen LogP contribution < -0.4 is 14.8 Å². The summed E-state index contributed by atoms with van der Waals surface area (Å²) in [6.07, 6.45) is 3.61. The number of anilines is 1. The highest BCUT2D eigenvalue weighted by molar-refractivity contribution is 5.88. The van der Waals surface area contributed by atoms with Gasteiger partial charge in [0.15, 0.2) is 0 Å². The largest absolute Gasteiger partial charge is 0.489 e. The van der Waals surface area contributed by atoms with Gasteiger partial charge in [-0.1, -0.05) is 43.0 Å². The van der Waals surface area contributed by atoms with Gasteiger partial charge in [0.1, 0.15) is 23.9 Å². The SMILES string of the molecule is C=C(C)/C=C\C(=C)Oc1cccc(OCc2cccc(NC(C)=O)c2)c1. The molecule has 0 aliphatic rings. The summed E-state index contributed by atoms with van der Waals surface area (Å²) in [4.78, 5) is 11.1. The number of nitrogens with one attached hydrogen (secondary N) is 1. The molecule has 4 heteroatoms. The molecule has 0 spiro atoms. The van der Waals surface area contributed by atoms with Crippen molar-refractivity contribution in [3.05, 3.63) is 90.7 Å². The van der Waals surface area contributed by atoms with Crippen molar-refractivity contribution in [1.82, 2.24) is 0 Å². The number of rotatable bonds is 8. The molecule has 2 aromatic rings. The molecule has 0 bridgehead atoms. The average molecular weight is 349 g/mol. The van der Waals surface area contributed by atoms with Crippen LogP contribution in [0.3, 0.4) is 0 Å². The summed E-state index contributed by atoms with van der Waals surface area (Å²) >= 11 is 0. The van der Waals surface area contributed by atoms with E-state index in [1.807, 2.05) is 55.5 Å². The van der Waals surface area contributed by atoms with E-state index in [2.05, 4.69) is 18.5 Å². The Morgan fingerprint density at radius 1 is 1.04 bits per heavy atom. The van der Waals surface area contributed by atoms with Crippen LogP contribution in [0, 0.1) is 0 Å². The number of hydrogen-bond donors (Lipinski definition) is 1. The summed E-state index contributed by atoms with van der Waals surface area (Å²) in [6, 6.07) is 14.9. The van der Waals surface area contributed by atoms with E-state index in [4.69, 9.17) is 9.47 Å². The zero-order chi connectivity index (χ0) is 18.9. The van der Waals surface area contributed by atoms with Gasteiger partial charge in [0.05, 0.1) is 0 Å². The topological polar surface area (TPSA) is 47.6 Å². The van der Waals surface area contributed by atoms with E-state index in [9.17, 15) is 4.79 Å². The van der Waals surface area contributed by atoms with E-state index in [1.165, 1.54) is 6.92 Å². The van der Waals surface area contributed by atoms with Crippen molar-refractivity contribution in [3.8, 4) is 11.5 Å². The van der Waals surface area contributed by atoms with Crippen LogP contribution in [0.2, 0.25) is 0 Å². The maximum atomic E-state index is 11.1. The molecule has 0 aromatic heterocycles. The normalized spacial score (nSPS) is 10.4. The van der Waals surface area contributed by atoms with Gasteiger partial charge in [-0.25, -0.2) is 0 Å². The Hall–Kier alpha value is -3.27. The highest BCUT2D eigenvalue weighted by Crippen LogP contribution is 2.22. The highest BCUT2D eigenvalue weighted by atomic mass is 16.5. The van der Waals surface area contributed by atoms with Gasteiger partial charge in [0.2, 0.25) is 5.91 Å². The Kier molecular flexibility index (Phi) is 6.80. The van der Waals surface area contributed by atoms with Crippen LogP contribution in [0.4, 0.5) is 5.69 Å². The van der Waals surface area contributed by atoms with Crippen molar-refractivity contribution in [2.75, 3.05) is 5.32 Å². The molecular weight excluding hydrogens is 326 g/mol. The lowest BCUT2D eigenvalue weighted by molar-refractivity contribution is -0.114. The maximum absolute atomic E-state index is 11.1. The van der Waals surface area contributed by atoms with Crippen molar-refractivity contribution in [1.29, 1.82) is 0 Å². The minimum atomic E-state index is -0.103. The third-order valence-electron chi connectivity index (χ3n) is 3.26. The Morgan fingerprint density at radius 2 is 1.77 bits per heavy atom. The molecule has 0 saturated heterocycles. The molecule has 0 unspecified atom stereocenters. The second-order valence-electron chi connectivity index (χ2n) is 5.89. The van der Waals surface area contributed by atoms with Crippen LogP contribution in [0.1, 0.15) is 19.4 Å². The summed E-state index contributed by atoms with van der Waals surface area (Å²) in [6.45, 7) is 11.4. The number of ether oxygens (including phenoxy) is 2. The molecule has 1 N–H and O–H groups in total. The zero-order valence-electron chi connectivity index (χ0n) is 15.1. The van der Waals surface area contributed by atoms with Gasteiger partial charge >= 0.3 is 0 Å². The predicted octanol–water partition coefficient (Wildman–Crippen LogP) is 5.25. The van der Waals surface area contributed by atoms with Gasteiger partial charge in [-0.05, 0) is 42.8 Å².